The molecular weight excluding hydrogens is 1330 g/mol. The van der Waals surface area contributed by atoms with Crippen molar-refractivity contribution in [3.05, 3.63) is 206 Å². The van der Waals surface area contributed by atoms with Crippen LogP contribution in [0.5, 0.6) is 57.5 Å². The Balaban J connectivity index is 0.000000295. The van der Waals surface area contributed by atoms with Crippen LogP contribution in [0.4, 0.5) is 0 Å². The molecule has 0 aliphatic rings. The Morgan fingerprint density at radius 1 is 0.216 bits per heavy atom. The first-order valence-electron chi connectivity index (χ1n) is 29.6. The highest BCUT2D eigenvalue weighted by Crippen LogP contribution is 2.37. The minimum absolute atomic E-state index is 0.0157. The molecule has 0 saturated heterocycles. The Hall–Kier alpha value is -10.2. The van der Waals surface area contributed by atoms with E-state index in [-0.39, 0.29) is 78.1 Å². The second-order valence-electron chi connectivity index (χ2n) is 20.2. The molecular formula is C71H78O22S4. The van der Waals surface area contributed by atoms with E-state index in [4.69, 9.17) is 18.2 Å². The topological polar surface area (TPSA) is 420 Å². The summed E-state index contributed by atoms with van der Waals surface area (Å²) in [5, 5.41) is 99.7. The molecule has 12 rings (SSSR count). The van der Waals surface area contributed by atoms with E-state index in [9.17, 15) is 84.7 Å². The van der Waals surface area contributed by atoms with E-state index < -0.39 is 50.3 Å². The Kier molecular flexibility index (Phi) is 31.1. The molecule has 0 aliphatic heterocycles. The van der Waals surface area contributed by atoms with Crippen molar-refractivity contribution in [3.8, 4) is 57.5 Å². The molecule has 0 saturated carbocycles. The standard InChI is InChI=1S/2C10H8O5S.2C10H8O4S.2C10H8O2.3C3H8.C2H6/c2*11-9-3-1-2-7-8(9)4-6(5-10(7)12)16(13,14)15;2*11-9-5-1-4-8-7(9)3-2-6-10(8)15(12,13)14;2*11-9-5-1-3-7-8(9)4-2-6-10(7)12;3*1-3-2;1-2/h2*1-5,11-12H,(H,13,14,15);2*1-6,11H,(H,12,13,14);2*1-6,11-12H;3*3H2,1-2H3;1-2H3. The third kappa shape index (κ3) is 23.0. The van der Waals surface area contributed by atoms with Crippen molar-refractivity contribution in [2.75, 3.05) is 0 Å². The van der Waals surface area contributed by atoms with Gasteiger partial charge >= 0.3 is 0 Å². The van der Waals surface area contributed by atoms with Crippen molar-refractivity contribution in [2.24, 2.45) is 0 Å². The van der Waals surface area contributed by atoms with Gasteiger partial charge in [0.2, 0.25) is 0 Å². The summed E-state index contributed by atoms with van der Waals surface area (Å²) >= 11 is 0. The van der Waals surface area contributed by atoms with E-state index in [1.807, 2.05) is 13.8 Å². The van der Waals surface area contributed by atoms with Gasteiger partial charge in [-0.1, -0.05) is 196 Å². The molecule has 12 aromatic carbocycles. The fourth-order valence-electron chi connectivity index (χ4n) is 8.48. The zero-order chi connectivity index (χ0) is 73.2. The van der Waals surface area contributed by atoms with E-state index in [2.05, 4.69) is 41.5 Å². The van der Waals surface area contributed by atoms with E-state index in [1.54, 1.807) is 84.9 Å². The van der Waals surface area contributed by atoms with Gasteiger partial charge in [-0.25, -0.2) is 0 Å². The lowest BCUT2D eigenvalue weighted by molar-refractivity contribution is 0.468. The Morgan fingerprint density at radius 3 is 0.557 bits per heavy atom. The molecule has 0 bridgehead atoms. The molecule has 0 radical (unpaired) electrons. The highest BCUT2D eigenvalue weighted by atomic mass is 32.2. The van der Waals surface area contributed by atoms with Gasteiger partial charge in [0.25, 0.3) is 40.5 Å². The van der Waals surface area contributed by atoms with Crippen molar-refractivity contribution in [2.45, 2.75) is 94.2 Å². The normalized spacial score (nSPS) is 10.7. The van der Waals surface area contributed by atoms with Crippen LogP contribution in [-0.2, 0) is 40.5 Å². The van der Waals surface area contributed by atoms with E-state index in [0.29, 0.717) is 53.9 Å². The summed E-state index contributed by atoms with van der Waals surface area (Å²) < 4.78 is 123. The number of phenols is 10. The van der Waals surface area contributed by atoms with Gasteiger partial charge in [0.15, 0.2) is 0 Å². The van der Waals surface area contributed by atoms with Crippen LogP contribution in [0.2, 0.25) is 0 Å². The highest BCUT2D eigenvalue weighted by Gasteiger charge is 2.18. The first-order chi connectivity index (χ1) is 45.6. The molecule has 0 aliphatic carbocycles. The lowest BCUT2D eigenvalue weighted by Crippen LogP contribution is -1.98. The van der Waals surface area contributed by atoms with Crippen LogP contribution >= 0.6 is 0 Å². The van der Waals surface area contributed by atoms with Crippen molar-refractivity contribution in [1.29, 1.82) is 0 Å². The fourth-order valence-corrected chi connectivity index (χ4v) is 10.9. The average molecular weight is 1410 g/mol. The number of hydrogen-bond acceptors (Lipinski definition) is 18. The zero-order valence-corrected chi connectivity index (χ0v) is 57.2. The van der Waals surface area contributed by atoms with Gasteiger partial charge in [-0.3, -0.25) is 18.2 Å². The number of rotatable bonds is 4. The molecule has 97 heavy (non-hydrogen) atoms. The number of aromatic hydroxyl groups is 10. The zero-order valence-electron chi connectivity index (χ0n) is 53.9. The molecule has 26 heteroatoms. The summed E-state index contributed by atoms with van der Waals surface area (Å²) in [5.74, 6) is -0.215. The Bertz CT molecular complexity index is 4680. The number of phenolic OH excluding ortho intramolecular Hbond substituents is 10. The van der Waals surface area contributed by atoms with Crippen molar-refractivity contribution in [1.82, 2.24) is 0 Å². The number of fused-ring (bicyclic) bond motifs is 6. The van der Waals surface area contributed by atoms with Gasteiger partial charge in [0.1, 0.15) is 67.3 Å². The smallest absolute Gasteiger partial charge is 0.295 e. The predicted molar refractivity (Wildman–Crippen MR) is 379 cm³/mol. The van der Waals surface area contributed by atoms with Gasteiger partial charge in [0.05, 0.1) is 9.79 Å². The number of benzene rings is 12. The van der Waals surface area contributed by atoms with E-state index in [1.165, 1.54) is 116 Å². The van der Waals surface area contributed by atoms with Gasteiger partial charge in [0, 0.05) is 76.8 Å². The van der Waals surface area contributed by atoms with E-state index >= 15 is 0 Å². The first-order valence-corrected chi connectivity index (χ1v) is 35.4. The third-order valence-electron chi connectivity index (χ3n) is 12.5. The summed E-state index contributed by atoms with van der Waals surface area (Å²) in [5.41, 5.74) is 0. The molecule has 0 aromatic heterocycles. The Morgan fingerprint density at radius 2 is 0.371 bits per heavy atom. The lowest BCUT2D eigenvalue weighted by atomic mass is 10.1. The summed E-state index contributed by atoms with van der Waals surface area (Å²) in [6.45, 7) is 16.8. The lowest BCUT2D eigenvalue weighted by Gasteiger charge is -2.05. The quantitative estimate of drug-likeness (QED) is 0.0728. The maximum atomic E-state index is 11.0. The van der Waals surface area contributed by atoms with Crippen molar-refractivity contribution >= 4 is 105 Å². The van der Waals surface area contributed by atoms with Gasteiger partial charge in [-0.05, 0) is 72.8 Å². The average Bonchev–Trinajstić information content (AvgIpc) is 0.811. The summed E-state index contributed by atoms with van der Waals surface area (Å²) in [7, 11) is -17.3. The van der Waals surface area contributed by atoms with Crippen molar-refractivity contribution < 1.29 is 103 Å². The highest BCUT2D eigenvalue weighted by molar-refractivity contribution is 7.86. The molecule has 0 fully saturated rings. The van der Waals surface area contributed by atoms with Crippen LogP contribution in [0.3, 0.4) is 0 Å². The molecule has 14 N–H and O–H groups in total. The Labute approximate surface area is 562 Å². The predicted octanol–water partition coefficient (Wildman–Crippen LogP) is 16.4. The van der Waals surface area contributed by atoms with Crippen LogP contribution < -0.4 is 0 Å². The SMILES string of the molecule is CC.CCC.CCC.CCC.O=S(=O)(O)c1cc(O)c2cccc(O)c2c1.O=S(=O)(O)c1cc(O)c2cccc(O)c2c1.O=S(=O)(O)c1cccc2c(O)cccc12.O=S(=O)(O)c1cccc2c(O)cccc12.Oc1cccc2c(O)cccc12.Oc1cccc2c(O)cccc12. The fraction of sp³-hybridized carbons (Fsp3) is 0.155. The second kappa shape index (κ2) is 37.2. The van der Waals surface area contributed by atoms with Crippen LogP contribution in [0, 0.1) is 0 Å². The molecule has 12 aromatic rings. The maximum Gasteiger partial charge on any atom is 0.295 e. The number of hydrogen-bond donors (Lipinski definition) is 14. The monoisotopic (exact) mass is 1410 g/mol. The molecule has 0 heterocycles. The van der Waals surface area contributed by atoms with Gasteiger partial charge < -0.3 is 51.1 Å². The molecule has 0 unspecified atom stereocenters. The van der Waals surface area contributed by atoms with Crippen LogP contribution in [0.1, 0.15) is 74.7 Å². The van der Waals surface area contributed by atoms with Crippen LogP contribution in [0.25, 0.3) is 64.6 Å². The van der Waals surface area contributed by atoms with E-state index in [0.717, 1.165) is 24.3 Å². The van der Waals surface area contributed by atoms with Gasteiger partial charge in [-0.2, -0.15) is 33.7 Å². The summed E-state index contributed by atoms with van der Waals surface area (Å²) in [4.78, 5) is -1.31. The molecule has 0 atom stereocenters. The second-order valence-corrected chi connectivity index (χ2v) is 25.8. The summed E-state index contributed by atoms with van der Waals surface area (Å²) in [6.07, 6.45) is 3.75. The minimum Gasteiger partial charge on any atom is -0.507 e. The third-order valence-corrected chi connectivity index (χ3v) is 16.0. The minimum atomic E-state index is -4.40. The van der Waals surface area contributed by atoms with Crippen molar-refractivity contribution in [3.63, 3.8) is 0 Å². The first kappa shape index (κ1) is 81.1. The molecule has 518 valence electrons. The molecule has 22 nitrogen and oxygen atoms in total. The molecule has 0 amide bonds. The van der Waals surface area contributed by atoms with Gasteiger partial charge in [-0.15, -0.1) is 0 Å². The maximum absolute atomic E-state index is 11.0. The van der Waals surface area contributed by atoms with Crippen LogP contribution in [-0.4, -0.2) is 103 Å². The van der Waals surface area contributed by atoms with Crippen LogP contribution in [0.15, 0.2) is 226 Å². The summed E-state index contributed by atoms with van der Waals surface area (Å²) in [6, 6.07) is 50.8. The largest absolute Gasteiger partial charge is 0.507 e. The molecule has 0 spiro atoms.